The van der Waals surface area contributed by atoms with Crippen molar-refractivity contribution in [1.82, 2.24) is 5.32 Å². The van der Waals surface area contributed by atoms with E-state index >= 15 is 0 Å². The van der Waals surface area contributed by atoms with Crippen molar-refractivity contribution >= 4 is 17.3 Å². The fourth-order valence-electron chi connectivity index (χ4n) is 2.74. The van der Waals surface area contributed by atoms with Crippen molar-refractivity contribution in [3.8, 4) is 0 Å². The molecule has 106 valence electrons. The van der Waals surface area contributed by atoms with Crippen LogP contribution in [0.15, 0.2) is 18.2 Å². The normalized spacial score (nSPS) is 20.4. The molecular formula is C16H25ClN2. The Morgan fingerprint density at radius 2 is 2.16 bits per heavy atom. The Hall–Kier alpha value is -0.730. The Morgan fingerprint density at radius 3 is 2.95 bits per heavy atom. The molecule has 0 radical (unpaired) electrons. The van der Waals surface area contributed by atoms with Gasteiger partial charge in [-0.2, -0.15) is 0 Å². The molecule has 0 amide bonds. The van der Waals surface area contributed by atoms with Gasteiger partial charge in [0.05, 0.1) is 0 Å². The first kappa shape index (κ1) is 14.7. The lowest BCUT2D eigenvalue weighted by molar-refractivity contribution is 0.521. The summed E-state index contributed by atoms with van der Waals surface area (Å²) in [6, 6.07) is 6.29. The number of anilines is 1. The molecule has 0 bridgehead atoms. The van der Waals surface area contributed by atoms with Crippen molar-refractivity contribution < 1.29 is 0 Å². The molecule has 1 aromatic rings. The van der Waals surface area contributed by atoms with Gasteiger partial charge in [-0.3, -0.25) is 0 Å². The Morgan fingerprint density at radius 1 is 1.32 bits per heavy atom. The molecule has 19 heavy (non-hydrogen) atoms. The van der Waals surface area contributed by atoms with Gasteiger partial charge in [-0.25, -0.2) is 0 Å². The maximum absolute atomic E-state index is 6.19. The largest absolute Gasteiger partial charge is 0.371 e. The van der Waals surface area contributed by atoms with E-state index in [0.29, 0.717) is 0 Å². The van der Waals surface area contributed by atoms with Crippen LogP contribution < -0.4 is 10.2 Å². The smallest absolute Gasteiger partial charge is 0.0426 e. The maximum atomic E-state index is 6.19. The summed E-state index contributed by atoms with van der Waals surface area (Å²) >= 11 is 6.19. The number of hydrogen-bond acceptors (Lipinski definition) is 2. The third-order valence-electron chi connectivity index (χ3n) is 3.97. The molecule has 1 aromatic carbocycles. The van der Waals surface area contributed by atoms with Crippen LogP contribution in [0.4, 0.5) is 5.69 Å². The second kappa shape index (κ2) is 7.16. The van der Waals surface area contributed by atoms with Crippen LogP contribution in [0.25, 0.3) is 0 Å². The summed E-state index contributed by atoms with van der Waals surface area (Å²) in [6.45, 7) is 8.74. The van der Waals surface area contributed by atoms with Gasteiger partial charge in [0, 0.05) is 30.3 Å². The van der Waals surface area contributed by atoms with Gasteiger partial charge >= 0.3 is 0 Å². The quantitative estimate of drug-likeness (QED) is 0.894. The first-order valence-corrected chi connectivity index (χ1v) is 7.82. The molecule has 1 aliphatic heterocycles. The average molecular weight is 281 g/mol. The molecule has 2 nitrogen and oxygen atoms in total. The molecule has 1 fully saturated rings. The zero-order valence-corrected chi connectivity index (χ0v) is 12.8. The molecule has 1 aliphatic rings. The van der Waals surface area contributed by atoms with Gasteiger partial charge in [0.15, 0.2) is 0 Å². The molecule has 0 saturated carbocycles. The standard InChI is InChI=1S/C16H25ClN2/c1-3-18-12-14-6-7-15(17)11-16(14)19-9-4-5-13(2)8-10-19/h6-7,11,13,18H,3-5,8-10,12H2,1-2H3. The predicted octanol–water partition coefficient (Wildman–Crippen LogP) is 4.08. The van der Waals surface area contributed by atoms with E-state index in [-0.39, 0.29) is 0 Å². The first-order valence-electron chi connectivity index (χ1n) is 7.44. The topological polar surface area (TPSA) is 15.3 Å². The second-order valence-electron chi connectivity index (χ2n) is 5.58. The van der Waals surface area contributed by atoms with Gasteiger partial charge in [-0.05, 0) is 49.4 Å². The number of nitrogens with one attached hydrogen (secondary N) is 1. The van der Waals surface area contributed by atoms with Gasteiger partial charge in [-0.15, -0.1) is 0 Å². The molecule has 2 rings (SSSR count). The zero-order valence-electron chi connectivity index (χ0n) is 12.1. The highest BCUT2D eigenvalue weighted by Gasteiger charge is 2.16. The fourth-order valence-corrected chi connectivity index (χ4v) is 2.91. The minimum atomic E-state index is 0.840. The summed E-state index contributed by atoms with van der Waals surface area (Å²) in [4.78, 5) is 2.52. The molecule has 0 aliphatic carbocycles. The van der Waals surface area contributed by atoms with E-state index in [9.17, 15) is 0 Å². The molecule has 3 heteroatoms. The monoisotopic (exact) mass is 280 g/mol. The van der Waals surface area contributed by atoms with Crippen molar-refractivity contribution in [3.63, 3.8) is 0 Å². The highest BCUT2D eigenvalue weighted by Crippen LogP contribution is 2.28. The van der Waals surface area contributed by atoms with Crippen molar-refractivity contribution in [2.45, 2.75) is 39.7 Å². The minimum Gasteiger partial charge on any atom is -0.371 e. The number of halogens is 1. The molecule has 1 saturated heterocycles. The highest BCUT2D eigenvalue weighted by atomic mass is 35.5. The van der Waals surface area contributed by atoms with E-state index in [4.69, 9.17) is 11.6 Å². The van der Waals surface area contributed by atoms with Crippen LogP contribution in [0.1, 0.15) is 38.7 Å². The van der Waals surface area contributed by atoms with Crippen molar-refractivity contribution in [3.05, 3.63) is 28.8 Å². The van der Waals surface area contributed by atoms with Crippen LogP contribution in [0, 0.1) is 5.92 Å². The first-order chi connectivity index (χ1) is 9.20. The van der Waals surface area contributed by atoms with Crippen LogP contribution in [0.3, 0.4) is 0 Å². The molecule has 1 N–H and O–H groups in total. The van der Waals surface area contributed by atoms with Gasteiger partial charge in [0.2, 0.25) is 0 Å². The lowest BCUT2D eigenvalue weighted by Crippen LogP contribution is -2.26. The zero-order chi connectivity index (χ0) is 13.7. The number of benzene rings is 1. The molecule has 1 heterocycles. The predicted molar refractivity (Wildman–Crippen MR) is 84.1 cm³/mol. The summed E-state index contributed by atoms with van der Waals surface area (Å²) in [6.07, 6.45) is 3.92. The molecule has 1 unspecified atom stereocenters. The third kappa shape index (κ3) is 4.12. The lowest BCUT2D eigenvalue weighted by atomic mass is 10.0. The minimum absolute atomic E-state index is 0.840. The van der Waals surface area contributed by atoms with E-state index in [2.05, 4.69) is 36.2 Å². The van der Waals surface area contributed by atoms with Crippen LogP contribution in [0.5, 0.6) is 0 Å². The van der Waals surface area contributed by atoms with E-state index < -0.39 is 0 Å². The highest BCUT2D eigenvalue weighted by molar-refractivity contribution is 6.30. The summed E-state index contributed by atoms with van der Waals surface area (Å²) in [5, 5.41) is 4.26. The summed E-state index contributed by atoms with van der Waals surface area (Å²) < 4.78 is 0. The van der Waals surface area contributed by atoms with Crippen LogP contribution in [0.2, 0.25) is 5.02 Å². The number of hydrogen-bond donors (Lipinski definition) is 1. The second-order valence-corrected chi connectivity index (χ2v) is 6.01. The Bertz CT molecular complexity index is 406. The molecule has 0 aromatic heterocycles. The van der Waals surface area contributed by atoms with E-state index in [0.717, 1.165) is 37.1 Å². The Kier molecular flexibility index (Phi) is 5.53. The van der Waals surface area contributed by atoms with Gasteiger partial charge < -0.3 is 10.2 Å². The number of nitrogens with zero attached hydrogens (tertiary/aromatic N) is 1. The molecule has 1 atom stereocenters. The summed E-state index contributed by atoms with van der Waals surface area (Å²) in [5.74, 6) is 0.849. The van der Waals surface area contributed by atoms with Crippen LogP contribution >= 0.6 is 11.6 Å². The SMILES string of the molecule is CCNCc1ccc(Cl)cc1N1CCCC(C)CC1. The Balaban J connectivity index is 2.18. The Labute approximate surface area is 122 Å². The maximum Gasteiger partial charge on any atom is 0.0426 e. The van der Waals surface area contributed by atoms with Gasteiger partial charge in [0.25, 0.3) is 0 Å². The molecule has 0 spiro atoms. The lowest BCUT2D eigenvalue weighted by Gasteiger charge is -2.26. The summed E-state index contributed by atoms with van der Waals surface area (Å²) in [5.41, 5.74) is 2.68. The summed E-state index contributed by atoms with van der Waals surface area (Å²) in [7, 11) is 0. The fraction of sp³-hybridized carbons (Fsp3) is 0.625. The van der Waals surface area contributed by atoms with Crippen molar-refractivity contribution in [2.24, 2.45) is 5.92 Å². The van der Waals surface area contributed by atoms with Crippen molar-refractivity contribution in [2.75, 3.05) is 24.5 Å². The number of rotatable bonds is 4. The van der Waals surface area contributed by atoms with E-state index in [1.165, 1.54) is 30.5 Å². The third-order valence-corrected chi connectivity index (χ3v) is 4.21. The van der Waals surface area contributed by atoms with Crippen LogP contribution in [-0.2, 0) is 6.54 Å². The van der Waals surface area contributed by atoms with Crippen LogP contribution in [-0.4, -0.2) is 19.6 Å². The average Bonchev–Trinajstić information content (AvgIpc) is 2.62. The van der Waals surface area contributed by atoms with Gasteiger partial charge in [0.1, 0.15) is 0 Å². The van der Waals surface area contributed by atoms with Crippen molar-refractivity contribution in [1.29, 1.82) is 0 Å². The van der Waals surface area contributed by atoms with Gasteiger partial charge in [-0.1, -0.05) is 31.5 Å². The van der Waals surface area contributed by atoms with E-state index in [1.807, 2.05) is 6.07 Å². The van der Waals surface area contributed by atoms with E-state index in [1.54, 1.807) is 0 Å². The molecular weight excluding hydrogens is 256 g/mol.